The summed E-state index contributed by atoms with van der Waals surface area (Å²) in [7, 11) is 0. The van der Waals surface area contributed by atoms with Crippen LogP contribution >= 0.6 is 0 Å². The largest absolute Gasteiger partial charge is 0.444 e. The Morgan fingerprint density at radius 1 is 1.03 bits per heavy atom. The molecule has 0 unspecified atom stereocenters. The molecule has 0 bridgehead atoms. The first-order chi connectivity index (χ1) is 16.2. The number of hydrogen-bond donors (Lipinski definition) is 1. The number of likely N-dealkylation sites (tertiary alicyclic amines) is 1. The molecule has 1 fully saturated rings. The van der Waals surface area contributed by atoms with Crippen LogP contribution in [0.1, 0.15) is 75.1 Å². The van der Waals surface area contributed by atoms with Crippen molar-refractivity contribution in [1.82, 2.24) is 19.7 Å². The van der Waals surface area contributed by atoms with Gasteiger partial charge < -0.3 is 19.5 Å². The molecule has 1 N–H and O–H groups in total. The minimum absolute atomic E-state index is 0.0720. The van der Waals surface area contributed by atoms with Crippen molar-refractivity contribution in [2.24, 2.45) is 0 Å². The van der Waals surface area contributed by atoms with E-state index in [0.29, 0.717) is 25.3 Å². The Balaban J connectivity index is 1.59. The third-order valence-corrected chi connectivity index (χ3v) is 6.37. The molecule has 7 heteroatoms. The molecule has 34 heavy (non-hydrogen) atoms. The molecule has 0 aliphatic carbocycles. The topological polar surface area (TPSA) is 66.8 Å². The van der Waals surface area contributed by atoms with Crippen molar-refractivity contribution in [3.05, 3.63) is 59.4 Å². The number of nitrogens with one attached hydrogen (secondary N) is 1. The number of carbonyl (C=O) groups is 2. The van der Waals surface area contributed by atoms with Gasteiger partial charge in [-0.1, -0.05) is 38.1 Å². The summed E-state index contributed by atoms with van der Waals surface area (Å²) in [6.45, 7) is 14.6. The number of piperidine rings is 1. The quantitative estimate of drug-likeness (QED) is 0.603. The van der Waals surface area contributed by atoms with E-state index in [1.165, 1.54) is 5.56 Å². The van der Waals surface area contributed by atoms with E-state index in [0.717, 1.165) is 38.0 Å². The van der Waals surface area contributed by atoms with Crippen LogP contribution in [-0.4, -0.2) is 58.1 Å². The van der Waals surface area contributed by atoms with Crippen LogP contribution in [0.25, 0.3) is 0 Å². The van der Waals surface area contributed by atoms with E-state index in [-0.39, 0.29) is 18.0 Å². The normalized spacial score (nSPS) is 14.9. The molecule has 1 aromatic carbocycles. The van der Waals surface area contributed by atoms with Crippen LogP contribution in [0.2, 0.25) is 0 Å². The third-order valence-electron chi connectivity index (χ3n) is 6.37. The molecule has 2 heterocycles. The Kier molecular flexibility index (Phi) is 8.78. The fourth-order valence-corrected chi connectivity index (χ4v) is 4.40. The highest BCUT2D eigenvalue weighted by molar-refractivity contribution is 5.92. The predicted molar refractivity (Wildman–Crippen MR) is 135 cm³/mol. The molecule has 2 amide bonds. The van der Waals surface area contributed by atoms with Gasteiger partial charge in [0.05, 0.1) is 0 Å². The molecule has 0 spiro atoms. The molecule has 1 saturated heterocycles. The predicted octanol–water partition coefficient (Wildman–Crippen LogP) is 4.83. The summed E-state index contributed by atoms with van der Waals surface area (Å²) >= 11 is 0. The number of ether oxygens (including phenoxy) is 1. The minimum atomic E-state index is -0.496. The van der Waals surface area contributed by atoms with Gasteiger partial charge in [-0.3, -0.25) is 9.69 Å². The van der Waals surface area contributed by atoms with Crippen molar-refractivity contribution >= 4 is 12.0 Å². The highest BCUT2D eigenvalue weighted by Crippen LogP contribution is 2.26. The number of amides is 2. The fourth-order valence-electron chi connectivity index (χ4n) is 4.40. The van der Waals surface area contributed by atoms with Crippen molar-refractivity contribution in [3.63, 3.8) is 0 Å². The highest BCUT2D eigenvalue weighted by atomic mass is 16.6. The Labute approximate surface area is 204 Å². The lowest BCUT2D eigenvalue weighted by atomic mass is 10.0. The van der Waals surface area contributed by atoms with E-state index >= 15 is 0 Å². The molecule has 1 aliphatic rings. The fraction of sp³-hybridized carbons (Fsp3) is 0.556. The monoisotopic (exact) mass is 468 g/mol. The molecular formula is C27H40N4O3. The van der Waals surface area contributed by atoms with Crippen molar-refractivity contribution in [2.45, 2.75) is 72.2 Å². The number of aromatic nitrogens is 1. The summed E-state index contributed by atoms with van der Waals surface area (Å²) in [4.78, 5) is 29.6. The zero-order chi connectivity index (χ0) is 24.7. The summed E-state index contributed by atoms with van der Waals surface area (Å²) in [6.07, 6.45) is 3.29. The highest BCUT2D eigenvalue weighted by Gasteiger charge is 2.28. The van der Waals surface area contributed by atoms with E-state index in [9.17, 15) is 9.59 Å². The zero-order valence-electron chi connectivity index (χ0n) is 21.3. The average Bonchev–Trinajstić information content (AvgIpc) is 3.30. The maximum Gasteiger partial charge on any atom is 0.410 e. The molecule has 0 radical (unpaired) electrons. The first-order valence-corrected chi connectivity index (χ1v) is 12.4. The van der Waals surface area contributed by atoms with E-state index < -0.39 is 5.60 Å². The van der Waals surface area contributed by atoms with Crippen LogP contribution in [0.5, 0.6) is 0 Å². The second-order valence-electron chi connectivity index (χ2n) is 9.91. The van der Waals surface area contributed by atoms with Crippen molar-refractivity contribution in [1.29, 1.82) is 0 Å². The summed E-state index contributed by atoms with van der Waals surface area (Å²) < 4.78 is 7.56. The molecule has 186 valence electrons. The minimum Gasteiger partial charge on any atom is -0.444 e. The van der Waals surface area contributed by atoms with Crippen LogP contribution in [0, 0.1) is 0 Å². The van der Waals surface area contributed by atoms with Gasteiger partial charge in [0.2, 0.25) is 0 Å². The van der Waals surface area contributed by atoms with Crippen LogP contribution in [0.3, 0.4) is 0 Å². The van der Waals surface area contributed by atoms with E-state index in [1.54, 1.807) is 4.90 Å². The van der Waals surface area contributed by atoms with Gasteiger partial charge >= 0.3 is 6.09 Å². The Bertz CT molecular complexity index is 951. The van der Waals surface area contributed by atoms with E-state index in [4.69, 9.17) is 4.74 Å². The van der Waals surface area contributed by atoms with Crippen LogP contribution in [0.15, 0.2) is 42.6 Å². The van der Waals surface area contributed by atoms with Crippen LogP contribution in [0.4, 0.5) is 4.79 Å². The number of carbonyl (C=O) groups excluding carboxylic acids is 2. The van der Waals surface area contributed by atoms with Crippen molar-refractivity contribution in [3.8, 4) is 0 Å². The third kappa shape index (κ3) is 6.86. The van der Waals surface area contributed by atoms with Crippen LogP contribution in [-0.2, 0) is 17.8 Å². The summed E-state index contributed by atoms with van der Waals surface area (Å²) in [5, 5.41) is 3.12. The molecule has 7 nitrogen and oxygen atoms in total. The number of rotatable bonds is 8. The van der Waals surface area contributed by atoms with Gasteiger partial charge in [-0.15, -0.1) is 0 Å². The smallest absolute Gasteiger partial charge is 0.410 e. The maximum absolute atomic E-state index is 13.1. The van der Waals surface area contributed by atoms with Gasteiger partial charge in [0.25, 0.3) is 5.91 Å². The van der Waals surface area contributed by atoms with Gasteiger partial charge in [-0.2, -0.15) is 0 Å². The van der Waals surface area contributed by atoms with Gasteiger partial charge in [0.1, 0.15) is 11.3 Å². The first-order valence-electron chi connectivity index (χ1n) is 12.4. The second-order valence-corrected chi connectivity index (χ2v) is 9.91. The molecular weight excluding hydrogens is 428 g/mol. The van der Waals surface area contributed by atoms with Gasteiger partial charge in [-0.25, -0.2) is 4.79 Å². The number of hydrogen-bond acceptors (Lipinski definition) is 4. The summed E-state index contributed by atoms with van der Waals surface area (Å²) in [6, 6.07) is 12.3. The number of nitrogens with zero attached hydrogens (tertiary/aromatic N) is 3. The van der Waals surface area contributed by atoms with Gasteiger partial charge in [0, 0.05) is 38.4 Å². The van der Waals surface area contributed by atoms with Crippen molar-refractivity contribution in [2.75, 3.05) is 26.2 Å². The maximum atomic E-state index is 13.1. The lowest BCUT2D eigenvalue weighted by Crippen LogP contribution is -2.42. The van der Waals surface area contributed by atoms with Gasteiger partial charge in [0.15, 0.2) is 0 Å². The first kappa shape index (κ1) is 25.8. The lowest BCUT2D eigenvalue weighted by molar-refractivity contribution is 0.0187. The molecule has 0 atom stereocenters. The Hall–Kier alpha value is -2.80. The lowest BCUT2D eigenvalue weighted by Gasteiger charge is -2.34. The zero-order valence-corrected chi connectivity index (χ0v) is 21.3. The SMILES string of the molecule is CCN(CC)Cc1ccccc1CNC(=O)c1cccn1C1CCN(C(=O)OC(C)(C)C)CC1. The number of benzene rings is 1. The summed E-state index contributed by atoms with van der Waals surface area (Å²) in [5.74, 6) is -0.0720. The Morgan fingerprint density at radius 2 is 1.68 bits per heavy atom. The molecule has 0 saturated carbocycles. The van der Waals surface area contributed by atoms with E-state index in [2.05, 4.69) is 46.8 Å². The second kappa shape index (κ2) is 11.6. The van der Waals surface area contributed by atoms with Gasteiger partial charge in [-0.05, 0) is 70.0 Å². The molecule has 2 aromatic rings. The average molecular weight is 469 g/mol. The van der Waals surface area contributed by atoms with E-state index in [1.807, 2.05) is 45.2 Å². The summed E-state index contributed by atoms with van der Waals surface area (Å²) in [5.41, 5.74) is 2.56. The molecule has 1 aliphatic heterocycles. The molecule has 3 rings (SSSR count). The Morgan fingerprint density at radius 3 is 2.29 bits per heavy atom. The molecule has 1 aromatic heterocycles. The standard InChI is InChI=1S/C27H40N4O3/c1-6-29(7-2)20-22-12-9-8-11-21(22)19-28-25(32)24-13-10-16-31(24)23-14-17-30(18-15-23)26(33)34-27(3,4)5/h8-13,16,23H,6-7,14-15,17-20H2,1-5H3,(H,28,32). The van der Waals surface area contributed by atoms with Crippen LogP contribution < -0.4 is 5.32 Å². The van der Waals surface area contributed by atoms with Crippen molar-refractivity contribution < 1.29 is 14.3 Å².